The summed E-state index contributed by atoms with van der Waals surface area (Å²) in [7, 11) is 1.93. The average molecular weight is 441 g/mol. The second kappa shape index (κ2) is 8.05. The predicted octanol–water partition coefficient (Wildman–Crippen LogP) is 2.10. The van der Waals surface area contributed by atoms with Crippen molar-refractivity contribution in [1.82, 2.24) is 39.1 Å². The fraction of sp³-hybridized carbons (Fsp3) is 0.261. The summed E-state index contributed by atoms with van der Waals surface area (Å²) in [6.07, 6.45) is 13.3. The number of fused-ring (bicyclic) bond motifs is 1. The van der Waals surface area contributed by atoms with E-state index in [0.29, 0.717) is 6.54 Å². The van der Waals surface area contributed by atoms with E-state index in [1.165, 1.54) is 0 Å². The number of hydrogen-bond acceptors (Lipinski definition) is 7. The zero-order valence-electron chi connectivity index (χ0n) is 18.4. The number of aromatic nitrogens is 8. The van der Waals surface area contributed by atoms with Crippen LogP contribution in [-0.2, 0) is 13.6 Å². The van der Waals surface area contributed by atoms with Gasteiger partial charge in [-0.25, -0.2) is 14.2 Å². The largest absolute Gasteiger partial charge is 0.365 e. The number of rotatable bonds is 5. The molecule has 0 bridgehead atoms. The van der Waals surface area contributed by atoms with E-state index in [1.807, 2.05) is 57.8 Å². The lowest BCUT2D eigenvalue weighted by Crippen LogP contribution is -2.47. The third-order valence-electron chi connectivity index (χ3n) is 6.03. The number of piperazine rings is 1. The van der Waals surface area contributed by atoms with Crippen LogP contribution in [0.5, 0.6) is 0 Å². The molecule has 6 rings (SSSR count). The summed E-state index contributed by atoms with van der Waals surface area (Å²) in [4.78, 5) is 13.3. The van der Waals surface area contributed by atoms with E-state index in [1.54, 1.807) is 12.5 Å². The normalized spacial score (nSPS) is 14.3. The second-order valence-corrected chi connectivity index (χ2v) is 8.26. The van der Waals surface area contributed by atoms with Crippen molar-refractivity contribution in [1.29, 1.82) is 0 Å². The number of pyridine rings is 2. The molecule has 166 valence electrons. The molecule has 0 atom stereocenters. The Labute approximate surface area is 190 Å². The molecule has 1 aliphatic rings. The first-order valence-electron chi connectivity index (χ1n) is 11.0. The zero-order chi connectivity index (χ0) is 22.2. The van der Waals surface area contributed by atoms with Gasteiger partial charge in [0, 0.05) is 69.1 Å². The van der Waals surface area contributed by atoms with Gasteiger partial charge in [0.25, 0.3) is 0 Å². The van der Waals surface area contributed by atoms with Crippen LogP contribution in [0.2, 0.25) is 0 Å². The van der Waals surface area contributed by atoms with E-state index in [-0.39, 0.29) is 0 Å². The fourth-order valence-electron chi connectivity index (χ4n) is 4.29. The van der Waals surface area contributed by atoms with Gasteiger partial charge in [0.2, 0.25) is 5.95 Å². The topological polar surface area (TPSA) is 85.2 Å². The first-order valence-corrected chi connectivity index (χ1v) is 11.0. The molecule has 33 heavy (non-hydrogen) atoms. The molecule has 1 aliphatic heterocycles. The van der Waals surface area contributed by atoms with E-state index in [4.69, 9.17) is 0 Å². The van der Waals surface area contributed by atoms with Gasteiger partial charge in [-0.1, -0.05) is 12.1 Å². The summed E-state index contributed by atoms with van der Waals surface area (Å²) in [5.41, 5.74) is 5.56. The van der Waals surface area contributed by atoms with Crippen molar-refractivity contribution in [2.45, 2.75) is 6.54 Å². The number of aryl methyl sites for hydroxylation is 1. The first-order chi connectivity index (χ1) is 16.2. The Hall–Kier alpha value is -4.21. The molecule has 0 amide bonds. The van der Waals surface area contributed by atoms with Crippen molar-refractivity contribution in [2.24, 2.45) is 7.05 Å². The molecule has 0 aliphatic carbocycles. The van der Waals surface area contributed by atoms with Crippen molar-refractivity contribution < 1.29 is 0 Å². The van der Waals surface area contributed by atoms with E-state index in [2.05, 4.69) is 53.4 Å². The highest BCUT2D eigenvalue weighted by atomic mass is 15.4. The van der Waals surface area contributed by atoms with E-state index >= 15 is 0 Å². The van der Waals surface area contributed by atoms with Crippen molar-refractivity contribution in [2.75, 3.05) is 36.0 Å². The summed E-state index contributed by atoms with van der Waals surface area (Å²) in [5, 5.41) is 13.5. The Morgan fingerprint density at radius 1 is 0.879 bits per heavy atom. The minimum absolute atomic E-state index is 0.671. The molecule has 1 saturated heterocycles. The highest BCUT2D eigenvalue weighted by molar-refractivity contribution is 5.75. The Bertz CT molecular complexity index is 1370. The fourth-order valence-corrected chi connectivity index (χ4v) is 4.29. The van der Waals surface area contributed by atoms with Crippen LogP contribution in [0.3, 0.4) is 0 Å². The summed E-state index contributed by atoms with van der Waals surface area (Å²) < 4.78 is 5.62. The van der Waals surface area contributed by atoms with Gasteiger partial charge in [0.15, 0.2) is 0 Å². The van der Waals surface area contributed by atoms with Gasteiger partial charge in [0.05, 0.1) is 30.1 Å². The Kier molecular flexibility index (Phi) is 4.75. The summed E-state index contributed by atoms with van der Waals surface area (Å²) in [6.45, 7) is 4.18. The molecule has 6 heterocycles. The van der Waals surface area contributed by atoms with Gasteiger partial charge in [-0.2, -0.15) is 10.2 Å². The summed E-state index contributed by atoms with van der Waals surface area (Å²) in [5.74, 6) is 0.777. The summed E-state index contributed by atoms with van der Waals surface area (Å²) in [6, 6.07) is 8.25. The number of hydrogen-bond donors (Lipinski definition) is 0. The van der Waals surface area contributed by atoms with Crippen LogP contribution in [0, 0.1) is 0 Å². The number of anilines is 2. The van der Waals surface area contributed by atoms with E-state index < -0.39 is 0 Å². The van der Waals surface area contributed by atoms with Crippen LogP contribution in [0.15, 0.2) is 67.8 Å². The minimum atomic E-state index is 0.671. The third kappa shape index (κ3) is 3.79. The predicted molar refractivity (Wildman–Crippen MR) is 125 cm³/mol. The van der Waals surface area contributed by atoms with Crippen molar-refractivity contribution in [3.8, 4) is 11.1 Å². The van der Waals surface area contributed by atoms with Gasteiger partial charge >= 0.3 is 0 Å². The molecular weight excluding hydrogens is 416 g/mol. The molecule has 10 nitrogen and oxygen atoms in total. The molecule has 0 unspecified atom stereocenters. The maximum Gasteiger partial charge on any atom is 0.244 e. The van der Waals surface area contributed by atoms with Crippen LogP contribution in [0.1, 0.15) is 5.56 Å². The Balaban J connectivity index is 1.14. The van der Waals surface area contributed by atoms with Gasteiger partial charge in [-0.15, -0.1) is 5.10 Å². The molecule has 5 aromatic heterocycles. The highest BCUT2D eigenvalue weighted by Gasteiger charge is 2.22. The van der Waals surface area contributed by atoms with Crippen LogP contribution < -0.4 is 9.80 Å². The Morgan fingerprint density at radius 3 is 2.55 bits per heavy atom. The summed E-state index contributed by atoms with van der Waals surface area (Å²) >= 11 is 0. The highest BCUT2D eigenvalue weighted by Crippen LogP contribution is 2.26. The molecule has 0 N–H and O–H groups in total. The zero-order valence-corrected chi connectivity index (χ0v) is 18.4. The molecule has 10 heteroatoms. The van der Waals surface area contributed by atoms with Gasteiger partial charge in [-0.05, 0) is 17.7 Å². The van der Waals surface area contributed by atoms with Crippen molar-refractivity contribution in [3.63, 3.8) is 0 Å². The Morgan fingerprint density at radius 2 is 1.76 bits per heavy atom. The average Bonchev–Trinajstić information content (AvgIpc) is 3.59. The maximum atomic E-state index is 4.67. The molecule has 1 fully saturated rings. The van der Waals surface area contributed by atoms with Crippen LogP contribution in [-0.4, -0.2) is 65.3 Å². The lowest BCUT2D eigenvalue weighted by Gasteiger charge is -2.34. The standard InChI is InChI=1S/C23H24N10/c1-29-15-20(12-26-29)19-4-5-21-22(13-27-33(21)16-19)30-7-9-31(10-8-30)23-25-17-32(28-23)14-18-3-2-6-24-11-18/h2-6,11-13,15-17H,7-10,14H2,1H3. The molecule has 0 saturated carbocycles. The first kappa shape index (κ1) is 19.5. The molecule has 0 radical (unpaired) electrons. The quantitative estimate of drug-likeness (QED) is 0.414. The lowest BCUT2D eigenvalue weighted by atomic mass is 10.1. The lowest BCUT2D eigenvalue weighted by molar-refractivity contribution is 0.628. The SMILES string of the molecule is Cn1cc(-c2ccc3c(N4CCN(c5ncn(Cc6cccnc6)n5)CC4)cnn3c2)cn1. The molecular formula is C23H24N10. The van der Waals surface area contributed by atoms with Crippen molar-refractivity contribution >= 4 is 17.2 Å². The monoisotopic (exact) mass is 440 g/mol. The third-order valence-corrected chi connectivity index (χ3v) is 6.03. The smallest absolute Gasteiger partial charge is 0.244 e. The molecule has 0 aromatic carbocycles. The number of nitrogens with zero attached hydrogens (tertiary/aromatic N) is 10. The van der Waals surface area contributed by atoms with Crippen molar-refractivity contribution in [3.05, 3.63) is 73.3 Å². The second-order valence-electron chi connectivity index (χ2n) is 8.26. The minimum Gasteiger partial charge on any atom is -0.365 e. The van der Waals surface area contributed by atoms with E-state index in [0.717, 1.165) is 60.0 Å². The maximum absolute atomic E-state index is 4.67. The molecule has 0 spiro atoms. The van der Waals surface area contributed by atoms with Crippen LogP contribution in [0.4, 0.5) is 11.6 Å². The van der Waals surface area contributed by atoms with Crippen LogP contribution >= 0.6 is 0 Å². The van der Waals surface area contributed by atoms with E-state index in [9.17, 15) is 0 Å². The van der Waals surface area contributed by atoms with Gasteiger partial charge < -0.3 is 9.80 Å². The van der Waals surface area contributed by atoms with Crippen LogP contribution in [0.25, 0.3) is 16.6 Å². The van der Waals surface area contributed by atoms with Gasteiger partial charge in [-0.3, -0.25) is 9.67 Å². The molecule has 5 aromatic rings. The van der Waals surface area contributed by atoms with Gasteiger partial charge in [0.1, 0.15) is 6.33 Å².